The first-order valence-corrected chi connectivity index (χ1v) is 11.9. The molecule has 4 rings (SSSR count). The second kappa shape index (κ2) is 10.5. The third kappa shape index (κ3) is 4.74. The van der Waals surface area contributed by atoms with Gasteiger partial charge in [-0.05, 0) is 75.0 Å². The predicted octanol–water partition coefficient (Wildman–Crippen LogP) is 4.29. The van der Waals surface area contributed by atoms with Gasteiger partial charge < -0.3 is 29.6 Å². The standard InChI is InChI=1S/C26H31N5O3S/c1-6-30-16(2)13-19(17(30)3)25-24(20-9-7-8-12-27-20)29-26(35)31(25)18-10-11-22(34-5)21(14-18)28-23(32)15-33-4/h7-14,24-25H,6,15H2,1-5H3,(H,28,32)(H,29,35)/t24-,25+/m0/s1. The zero-order valence-electron chi connectivity index (χ0n) is 20.7. The maximum atomic E-state index is 12.3. The Morgan fingerprint density at radius 3 is 2.63 bits per heavy atom. The molecule has 0 saturated carbocycles. The van der Waals surface area contributed by atoms with E-state index in [-0.39, 0.29) is 24.6 Å². The van der Waals surface area contributed by atoms with Gasteiger partial charge in [0.15, 0.2) is 5.11 Å². The van der Waals surface area contributed by atoms with Gasteiger partial charge in [-0.3, -0.25) is 9.78 Å². The minimum atomic E-state index is -0.264. The Morgan fingerprint density at radius 2 is 2.00 bits per heavy atom. The van der Waals surface area contributed by atoms with Crippen LogP contribution in [-0.4, -0.2) is 41.4 Å². The number of anilines is 2. The molecule has 1 amide bonds. The summed E-state index contributed by atoms with van der Waals surface area (Å²) in [5.74, 6) is 0.290. The molecule has 1 aromatic carbocycles. The van der Waals surface area contributed by atoms with Crippen molar-refractivity contribution in [2.45, 2.75) is 39.4 Å². The highest BCUT2D eigenvalue weighted by molar-refractivity contribution is 7.80. The quantitative estimate of drug-likeness (QED) is 0.453. The number of nitrogens with zero attached hydrogens (tertiary/aromatic N) is 3. The Bertz CT molecular complexity index is 1230. The third-order valence-corrected chi connectivity index (χ3v) is 6.67. The summed E-state index contributed by atoms with van der Waals surface area (Å²) in [5, 5.41) is 6.96. The van der Waals surface area contributed by atoms with Gasteiger partial charge in [0, 0.05) is 36.9 Å². The summed E-state index contributed by atoms with van der Waals surface area (Å²) in [6.07, 6.45) is 1.80. The van der Waals surface area contributed by atoms with Crippen LogP contribution in [-0.2, 0) is 16.1 Å². The molecule has 0 radical (unpaired) electrons. The smallest absolute Gasteiger partial charge is 0.250 e. The molecule has 0 spiro atoms. The average Bonchev–Trinajstić information content (AvgIpc) is 3.34. The molecule has 184 valence electrons. The monoisotopic (exact) mass is 493 g/mol. The first kappa shape index (κ1) is 24.7. The molecule has 35 heavy (non-hydrogen) atoms. The molecular formula is C26H31N5O3S. The number of thiocarbonyl (C=S) groups is 1. The first-order chi connectivity index (χ1) is 16.9. The fraction of sp³-hybridized carbons (Fsp3) is 0.346. The van der Waals surface area contributed by atoms with Crippen LogP contribution in [0, 0.1) is 13.8 Å². The van der Waals surface area contributed by atoms with Crippen LogP contribution in [0.15, 0.2) is 48.7 Å². The fourth-order valence-corrected chi connectivity index (χ4v) is 5.17. The Labute approximate surface area is 211 Å². The van der Waals surface area contributed by atoms with Crippen molar-refractivity contribution in [1.82, 2.24) is 14.9 Å². The van der Waals surface area contributed by atoms with Gasteiger partial charge in [0.2, 0.25) is 5.91 Å². The van der Waals surface area contributed by atoms with E-state index >= 15 is 0 Å². The summed E-state index contributed by atoms with van der Waals surface area (Å²) in [6.45, 7) is 7.25. The molecule has 0 unspecified atom stereocenters. The molecule has 1 saturated heterocycles. The highest BCUT2D eigenvalue weighted by atomic mass is 32.1. The number of rotatable bonds is 8. The lowest BCUT2D eigenvalue weighted by atomic mass is 9.96. The molecule has 2 aromatic heterocycles. The zero-order chi connectivity index (χ0) is 25.1. The van der Waals surface area contributed by atoms with E-state index in [9.17, 15) is 4.79 Å². The van der Waals surface area contributed by atoms with Crippen LogP contribution < -0.4 is 20.3 Å². The molecule has 0 bridgehead atoms. The molecule has 1 aliphatic rings. The largest absolute Gasteiger partial charge is 0.495 e. The summed E-state index contributed by atoms with van der Waals surface area (Å²) in [6, 6.07) is 13.5. The molecule has 8 nitrogen and oxygen atoms in total. The number of hydrogen-bond acceptors (Lipinski definition) is 5. The van der Waals surface area contributed by atoms with Crippen molar-refractivity contribution >= 4 is 34.6 Å². The zero-order valence-corrected chi connectivity index (χ0v) is 21.5. The lowest BCUT2D eigenvalue weighted by molar-refractivity contribution is -0.119. The van der Waals surface area contributed by atoms with Crippen LogP contribution in [0.1, 0.15) is 41.7 Å². The Hall–Kier alpha value is -3.43. The van der Waals surface area contributed by atoms with E-state index in [1.807, 2.05) is 36.4 Å². The van der Waals surface area contributed by atoms with Crippen molar-refractivity contribution in [1.29, 1.82) is 0 Å². The number of amides is 1. The molecule has 9 heteroatoms. The first-order valence-electron chi connectivity index (χ1n) is 11.5. The summed E-state index contributed by atoms with van der Waals surface area (Å²) in [4.78, 5) is 19.0. The van der Waals surface area contributed by atoms with Gasteiger partial charge in [0.05, 0.1) is 30.6 Å². The maximum Gasteiger partial charge on any atom is 0.250 e. The predicted molar refractivity (Wildman–Crippen MR) is 141 cm³/mol. The maximum absolute atomic E-state index is 12.3. The van der Waals surface area contributed by atoms with Crippen molar-refractivity contribution in [3.63, 3.8) is 0 Å². The van der Waals surface area contributed by atoms with Gasteiger partial charge in [0.25, 0.3) is 0 Å². The van der Waals surface area contributed by atoms with Gasteiger partial charge in [0.1, 0.15) is 12.4 Å². The van der Waals surface area contributed by atoms with Crippen molar-refractivity contribution in [3.8, 4) is 5.75 Å². The van der Waals surface area contributed by atoms with Gasteiger partial charge in [-0.15, -0.1) is 0 Å². The van der Waals surface area contributed by atoms with E-state index in [0.29, 0.717) is 16.5 Å². The van der Waals surface area contributed by atoms with Crippen LogP contribution in [0.4, 0.5) is 11.4 Å². The number of carbonyl (C=O) groups excluding carboxylic acids is 1. The van der Waals surface area contributed by atoms with E-state index in [0.717, 1.165) is 17.9 Å². The summed E-state index contributed by atoms with van der Waals surface area (Å²) in [5.41, 5.74) is 5.85. The molecule has 2 atom stereocenters. The number of hydrogen-bond donors (Lipinski definition) is 2. The minimum Gasteiger partial charge on any atom is -0.495 e. The van der Waals surface area contributed by atoms with Gasteiger partial charge >= 0.3 is 0 Å². The lowest BCUT2D eigenvalue weighted by Gasteiger charge is -2.29. The average molecular weight is 494 g/mol. The van der Waals surface area contributed by atoms with Crippen LogP contribution in [0.2, 0.25) is 0 Å². The van der Waals surface area contributed by atoms with Gasteiger partial charge in [-0.1, -0.05) is 6.07 Å². The number of nitrogens with one attached hydrogen (secondary N) is 2. The van der Waals surface area contributed by atoms with Crippen molar-refractivity contribution < 1.29 is 14.3 Å². The number of ether oxygens (including phenoxy) is 2. The van der Waals surface area contributed by atoms with Crippen LogP contribution in [0.3, 0.4) is 0 Å². The van der Waals surface area contributed by atoms with E-state index < -0.39 is 0 Å². The minimum absolute atomic E-state index is 0.0511. The Morgan fingerprint density at radius 1 is 1.20 bits per heavy atom. The fourth-order valence-electron chi connectivity index (χ4n) is 4.82. The number of pyridine rings is 1. The number of benzene rings is 1. The molecule has 2 N–H and O–H groups in total. The topological polar surface area (TPSA) is 80.7 Å². The van der Waals surface area contributed by atoms with Crippen molar-refractivity contribution in [2.24, 2.45) is 0 Å². The molecule has 3 heterocycles. The molecule has 0 aliphatic carbocycles. The molecular weight excluding hydrogens is 462 g/mol. The van der Waals surface area contributed by atoms with Gasteiger partial charge in [-0.2, -0.15) is 0 Å². The summed E-state index contributed by atoms with van der Waals surface area (Å²) in [7, 11) is 3.05. The van der Waals surface area contributed by atoms with E-state index in [1.165, 1.54) is 24.1 Å². The second-order valence-electron chi connectivity index (χ2n) is 8.43. The molecule has 1 fully saturated rings. The lowest BCUT2D eigenvalue weighted by Crippen LogP contribution is -2.29. The van der Waals surface area contributed by atoms with Crippen LogP contribution in [0.5, 0.6) is 5.75 Å². The highest BCUT2D eigenvalue weighted by Crippen LogP contribution is 2.44. The van der Waals surface area contributed by atoms with Crippen molar-refractivity contribution in [3.05, 3.63) is 71.3 Å². The Balaban J connectivity index is 1.83. The van der Waals surface area contributed by atoms with E-state index in [2.05, 4.69) is 51.9 Å². The molecule has 3 aromatic rings. The van der Waals surface area contributed by atoms with Crippen LogP contribution >= 0.6 is 12.2 Å². The Kier molecular flexibility index (Phi) is 7.37. The second-order valence-corrected chi connectivity index (χ2v) is 8.82. The normalized spacial score (nSPS) is 17.4. The third-order valence-electron chi connectivity index (χ3n) is 6.36. The highest BCUT2D eigenvalue weighted by Gasteiger charge is 2.42. The summed E-state index contributed by atoms with van der Waals surface area (Å²) >= 11 is 5.86. The summed E-state index contributed by atoms with van der Waals surface area (Å²) < 4.78 is 12.8. The van der Waals surface area contributed by atoms with E-state index in [4.69, 9.17) is 21.7 Å². The van der Waals surface area contributed by atoms with E-state index in [1.54, 1.807) is 13.3 Å². The van der Waals surface area contributed by atoms with Gasteiger partial charge in [-0.25, -0.2) is 0 Å². The van der Waals surface area contributed by atoms with Crippen LogP contribution in [0.25, 0.3) is 0 Å². The number of methoxy groups -OCH3 is 2. The van der Waals surface area contributed by atoms with Crippen molar-refractivity contribution in [2.75, 3.05) is 31.0 Å². The number of aryl methyl sites for hydroxylation is 1. The SMILES string of the molecule is CCn1c(C)cc([C@@H]2[C@H](c3ccccn3)NC(=S)N2c2ccc(OC)c(NC(=O)COC)c2)c1C. The molecule has 1 aliphatic heterocycles. The number of carbonyl (C=O) groups is 1. The number of aromatic nitrogens is 2.